The van der Waals surface area contributed by atoms with Crippen molar-refractivity contribution in [2.75, 3.05) is 13.6 Å². The van der Waals surface area contributed by atoms with Crippen LogP contribution < -0.4 is 5.32 Å². The molecule has 3 aromatic heterocycles. The lowest BCUT2D eigenvalue weighted by atomic mass is 10.2. The van der Waals surface area contributed by atoms with Gasteiger partial charge >= 0.3 is 0 Å². The molecule has 0 aliphatic carbocycles. The number of benzene rings is 1. The molecule has 31 heavy (non-hydrogen) atoms. The third kappa shape index (κ3) is 4.92. The van der Waals surface area contributed by atoms with Gasteiger partial charge in [0, 0.05) is 38.3 Å². The summed E-state index contributed by atoms with van der Waals surface area (Å²) in [6.45, 7) is 0.662. The fraction of sp³-hybridized carbons (Fsp3) is 0.174. The van der Waals surface area contributed by atoms with Crippen LogP contribution in [0.2, 0.25) is 0 Å². The molecular weight excluding hydrogens is 412 g/mol. The van der Waals surface area contributed by atoms with Crippen LogP contribution in [0, 0.1) is 0 Å². The number of rotatable bonds is 8. The molecule has 1 aromatic carbocycles. The Morgan fingerprint density at radius 2 is 1.97 bits per heavy atom. The van der Waals surface area contributed by atoms with Gasteiger partial charge in [0.05, 0.1) is 16.8 Å². The number of aromatic nitrogens is 2. The van der Waals surface area contributed by atoms with Crippen molar-refractivity contribution >= 4 is 23.2 Å². The Kier molecular flexibility index (Phi) is 6.28. The average molecular weight is 435 g/mol. The van der Waals surface area contributed by atoms with Gasteiger partial charge in [-0.15, -0.1) is 11.3 Å². The van der Waals surface area contributed by atoms with E-state index in [0.717, 1.165) is 21.8 Å². The van der Waals surface area contributed by atoms with Gasteiger partial charge in [-0.05, 0) is 35.7 Å². The molecule has 0 spiro atoms. The lowest BCUT2D eigenvalue weighted by Gasteiger charge is -2.17. The van der Waals surface area contributed by atoms with Gasteiger partial charge in [-0.25, -0.2) is 4.68 Å². The van der Waals surface area contributed by atoms with Crippen LogP contribution in [-0.4, -0.2) is 40.1 Å². The van der Waals surface area contributed by atoms with E-state index in [-0.39, 0.29) is 30.5 Å². The van der Waals surface area contributed by atoms with Crippen molar-refractivity contribution in [3.63, 3.8) is 0 Å². The van der Waals surface area contributed by atoms with Crippen molar-refractivity contribution in [1.29, 1.82) is 0 Å². The molecule has 4 rings (SSSR count). The van der Waals surface area contributed by atoms with Crippen LogP contribution in [0.5, 0.6) is 0 Å². The van der Waals surface area contributed by atoms with Gasteiger partial charge in [0.2, 0.25) is 5.91 Å². The smallest absolute Gasteiger partial charge is 0.286 e. The average Bonchev–Trinajstić information content (AvgIpc) is 3.55. The molecule has 0 aliphatic rings. The molecule has 0 saturated carbocycles. The molecule has 1 N–H and O–H groups in total. The number of thiophene rings is 1. The third-order valence-corrected chi connectivity index (χ3v) is 5.64. The maximum atomic E-state index is 12.6. The van der Waals surface area contributed by atoms with Crippen molar-refractivity contribution in [3.05, 3.63) is 83.8 Å². The Hall–Kier alpha value is -3.65. The van der Waals surface area contributed by atoms with E-state index in [1.165, 1.54) is 6.26 Å². The second-order valence-corrected chi connectivity index (χ2v) is 7.94. The van der Waals surface area contributed by atoms with Crippen LogP contribution in [0.4, 0.5) is 0 Å². The number of carbonyl (C=O) groups excluding carboxylic acids is 2. The van der Waals surface area contributed by atoms with E-state index in [2.05, 4.69) is 5.32 Å². The van der Waals surface area contributed by atoms with Crippen molar-refractivity contribution in [2.45, 2.75) is 13.0 Å². The maximum Gasteiger partial charge on any atom is 0.286 e. The molecule has 0 radical (unpaired) electrons. The molecule has 0 unspecified atom stereocenters. The van der Waals surface area contributed by atoms with Gasteiger partial charge in [-0.3, -0.25) is 9.59 Å². The Balaban J connectivity index is 1.43. The van der Waals surface area contributed by atoms with Crippen LogP contribution in [0.15, 0.2) is 76.9 Å². The molecule has 158 valence electrons. The van der Waals surface area contributed by atoms with Crippen LogP contribution in [0.3, 0.4) is 0 Å². The first-order valence-corrected chi connectivity index (χ1v) is 10.7. The van der Waals surface area contributed by atoms with Crippen LogP contribution in [-0.2, 0) is 11.3 Å². The fourth-order valence-electron chi connectivity index (χ4n) is 3.17. The molecule has 2 amide bonds. The molecule has 0 aliphatic heterocycles. The molecule has 8 heteroatoms. The predicted molar refractivity (Wildman–Crippen MR) is 119 cm³/mol. The molecular formula is C23H22N4O3S. The Morgan fingerprint density at radius 1 is 1.13 bits per heavy atom. The summed E-state index contributed by atoms with van der Waals surface area (Å²) in [6.07, 6.45) is 3.60. The van der Waals surface area contributed by atoms with Crippen molar-refractivity contribution < 1.29 is 14.0 Å². The zero-order valence-electron chi connectivity index (χ0n) is 17.0. The highest BCUT2D eigenvalue weighted by Gasteiger charge is 2.18. The molecule has 7 nitrogen and oxygen atoms in total. The van der Waals surface area contributed by atoms with Crippen LogP contribution >= 0.6 is 11.3 Å². The van der Waals surface area contributed by atoms with Gasteiger partial charge in [0.25, 0.3) is 5.91 Å². The number of hydrogen-bond donors (Lipinski definition) is 1. The van der Waals surface area contributed by atoms with Crippen molar-refractivity contribution in [1.82, 2.24) is 20.0 Å². The number of para-hydroxylation sites is 1. The zero-order chi connectivity index (χ0) is 21.6. The van der Waals surface area contributed by atoms with Gasteiger partial charge < -0.3 is 14.6 Å². The molecule has 0 fully saturated rings. The van der Waals surface area contributed by atoms with Crippen molar-refractivity contribution in [3.8, 4) is 16.3 Å². The van der Waals surface area contributed by atoms with Crippen LogP contribution in [0.25, 0.3) is 16.3 Å². The number of nitrogens with one attached hydrogen (secondary N) is 1. The highest BCUT2D eigenvalue weighted by molar-refractivity contribution is 7.13. The summed E-state index contributed by atoms with van der Waals surface area (Å²) in [7, 11) is 1.76. The van der Waals surface area contributed by atoms with Crippen LogP contribution in [0.1, 0.15) is 22.5 Å². The second-order valence-electron chi connectivity index (χ2n) is 6.99. The van der Waals surface area contributed by atoms with E-state index in [1.807, 2.05) is 58.7 Å². The van der Waals surface area contributed by atoms with Gasteiger partial charge in [0.1, 0.15) is 5.69 Å². The minimum atomic E-state index is -0.329. The number of furan rings is 1. The highest BCUT2D eigenvalue weighted by Crippen LogP contribution is 2.28. The summed E-state index contributed by atoms with van der Waals surface area (Å²) in [5.41, 5.74) is 2.78. The van der Waals surface area contributed by atoms with E-state index in [4.69, 9.17) is 9.52 Å². The third-order valence-electron chi connectivity index (χ3n) is 4.77. The Bertz CT molecular complexity index is 1140. The van der Waals surface area contributed by atoms with E-state index < -0.39 is 0 Å². The van der Waals surface area contributed by atoms with E-state index in [9.17, 15) is 9.59 Å². The number of nitrogens with zero attached hydrogens (tertiary/aromatic N) is 3. The second kappa shape index (κ2) is 9.44. The zero-order valence-corrected chi connectivity index (χ0v) is 17.8. The van der Waals surface area contributed by atoms with E-state index in [1.54, 1.807) is 35.4 Å². The van der Waals surface area contributed by atoms with E-state index in [0.29, 0.717) is 6.54 Å². The summed E-state index contributed by atoms with van der Waals surface area (Å²) in [5, 5.41) is 9.48. The molecule has 3 heterocycles. The van der Waals surface area contributed by atoms with Gasteiger partial charge in [-0.1, -0.05) is 24.3 Å². The first kappa shape index (κ1) is 20.6. The Labute approximate surface area is 183 Å². The van der Waals surface area contributed by atoms with E-state index >= 15 is 0 Å². The quantitative estimate of drug-likeness (QED) is 0.455. The minimum absolute atomic E-state index is 0.0654. The largest absolute Gasteiger partial charge is 0.459 e. The monoisotopic (exact) mass is 434 g/mol. The summed E-state index contributed by atoms with van der Waals surface area (Å²) in [6, 6.07) is 17.1. The number of hydrogen-bond acceptors (Lipinski definition) is 5. The summed E-state index contributed by atoms with van der Waals surface area (Å²) >= 11 is 1.61. The predicted octanol–water partition coefficient (Wildman–Crippen LogP) is 3.97. The standard InChI is InChI=1S/C23H22N4O3S/c1-26(21(28)11-12-24-23(29)19-9-5-13-30-19)15-17-16-27(18-7-3-2-4-8-18)25-22(17)20-10-6-14-31-20/h2-10,13-14,16H,11-12,15H2,1H3,(H,24,29). The number of amides is 2. The topological polar surface area (TPSA) is 80.4 Å². The van der Waals surface area contributed by atoms with Gasteiger partial charge in [0.15, 0.2) is 5.76 Å². The minimum Gasteiger partial charge on any atom is -0.459 e. The SMILES string of the molecule is CN(Cc1cn(-c2ccccc2)nc1-c1cccs1)C(=O)CCNC(=O)c1ccco1. The Morgan fingerprint density at radius 3 is 2.68 bits per heavy atom. The van der Waals surface area contributed by atoms with Gasteiger partial charge in [-0.2, -0.15) is 5.10 Å². The van der Waals surface area contributed by atoms with Crippen molar-refractivity contribution in [2.24, 2.45) is 0 Å². The normalized spacial score (nSPS) is 10.7. The first-order valence-electron chi connectivity index (χ1n) is 9.85. The molecule has 0 bridgehead atoms. The summed E-state index contributed by atoms with van der Waals surface area (Å²) in [5.74, 6) is -0.163. The molecule has 4 aromatic rings. The molecule has 0 atom stereocenters. The lowest BCUT2D eigenvalue weighted by molar-refractivity contribution is -0.130. The first-order chi connectivity index (χ1) is 15.1. The highest BCUT2D eigenvalue weighted by atomic mass is 32.1. The summed E-state index contributed by atoms with van der Waals surface area (Å²) < 4.78 is 6.89. The maximum absolute atomic E-state index is 12.6. The number of carbonyl (C=O) groups is 2. The molecule has 0 saturated heterocycles. The lowest BCUT2D eigenvalue weighted by Crippen LogP contribution is -2.31. The summed E-state index contributed by atoms with van der Waals surface area (Å²) in [4.78, 5) is 27.2. The fourth-order valence-corrected chi connectivity index (χ4v) is 3.92.